The van der Waals surface area contributed by atoms with Crippen molar-refractivity contribution in [2.24, 2.45) is 0 Å². The Kier molecular flexibility index (Phi) is 4.75. The summed E-state index contributed by atoms with van der Waals surface area (Å²) in [5.41, 5.74) is 2.01. The summed E-state index contributed by atoms with van der Waals surface area (Å²) in [4.78, 5) is 29.5. The molecule has 0 aromatic carbocycles. The smallest absolute Gasteiger partial charge is 0.244 e. The molecule has 2 heterocycles. The molecule has 0 spiro atoms. The molecule has 0 fully saturated rings. The number of amides is 1. The number of rotatable bonds is 6. The van der Waals surface area contributed by atoms with Crippen LogP contribution in [0.1, 0.15) is 28.7 Å². The van der Waals surface area contributed by atoms with Crippen LogP contribution in [0.4, 0.5) is 0 Å². The third-order valence-electron chi connectivity index (χ3n) is 3.70. The molecule has 1 amide bonds. The van der Waals surface area contributed by atoms with Gasteiger partial charge in [-0.15, -0.1) is 0 Å². The van der Waals surface area contributed by atoms with E-state index in [0.29, 0.717) is 24.3 Å². The van der Waals surface area contributed by atoms with Gasteiger partial charge in [-0.3, -0.25) is 14.3 Å². The highest BCUT2D eigenvalue weighted by Gasteiger charge is 2.18. The van der Waals surface area contributed by atoms with Crippen molar-refractivity contribution in [2.45, 2.75) is 33.9 Å². The molecular weight excluding hydrogens is 282 g/mol. The molecule has 0 radical (unpaired) electrons. The Balaban J connectivity index is 1.99. The molecule has 0 atom stereocenters. The van der Waals surface area contributed by atoms with Crippen LogP contribution in [0.3, 0.4) is 0 Å². The number of nitrogens with zero attached hydrogens (tertiary/aromatic N) is 5. The second-order valence-electron chi connectivity index (χ2n) is 5.38. The minimum Gasteiger partial charge on any atom is -0.342 e. The van der Waals surface area contributed by atoms with Gasteiger partial charge in [0.25, 0.3) is 0 Å². The van der Waals surface area contributed by atoms with E-state index in [-0.39, 0.29) is 18.2 Å². The summed E-state index contributed by atoms with van der Waals surface area (Å²) in [5, 5.41) is 4.30. The van der Waals surface area contributed by atoms with Crippen molar-refractivity contribution in [1.82, 2.24) is 24.2 Å². The average Bonchev–Trinajstić information content (AvgIpc) is 3.05. The van der Waals surface area contributed by atoms with Crippen LogP contribution in [0.5, 0.6) is 0 Å². The van der Waals surface area contributed by atoms with Crippen LogP contribution >= 0.6 is 0 Å². The second-order valence-corrected chi connectivity index (χ2v) is 5.38. The molecule has 7 nitrogen and oxygen atoms in total. The van der Waals surface area contributed by atoms with E-state index in [4.69, 9.17) is 0 Å². The molecule has 22 heavy (non-hydrogen) atoms. The Morgan fingerprint density at radius 1 is 1.32 bits per heavy atom. The molecule has 0 N–H and O–H groups in total. The normalized spacial score (nSPS) is 10.7. The summed E-state index contributed by atoms with van der Waals surface area (Å²) in [5.74, 6) is -0.0667. The van der Waals surface area contributed by atoms with Gasteiger partial charge in [-0.25, -0.2) is 4.98 Å². The van der Waals surface area contributed by atoms with Gasteiger partial charge < -0.3 is 9.47 Å². The molecular formula is C15H21N5O2. The SMILES string of the molecule is CC(=O)c1c(C)nn(CC(=O)N(C)CCn2ccnc2)c1C. The second kappa shape index (κ2) is 6.55. The first-order valence-corrected chi connectivity index (χ1v) is 7.14. The van der Waals surface area contributed by atoms with E-state index < -0.39 is 0 Å². The fourth-order valence-corrected chi connectivity index (χ4v) is 2.42. The van der Waals surface area contributed by atoms with Crippen LogP contribution in [-0.4, -0.2) is 49.5 Å². The van der Waals surface area contributed by atoms with Gasteiger partial charge in [0.05, 0.1) is 17.6 Å². The van der Waals surface area contributed by atoms with Crippen LogP contribution in [0.2, 0.25) is 0 Å². The first-order valence-electron chi connectivity index (χ1n) is 7.14. The van der Waals surface area contributed by atoms with Crippen LogP contribution in [-0.2, 0) is 17.9 Å². The van der Waals surface area contributed by atoms with Gasteiger partial charge in [0.1, 0.15) is 6.54 Å². The highest BCUT2D eigenvalue weighted by Crippen LogP contribution is 2.13. The van der Waals surface area contributed by atoms with E-state index in [0.717, 1.165) is 5.69 Å². The van der Waals surface area contributed by atoms with E-state index in [1.807, 2.05) is 17.7 Å². The lowest BCUT2D eigenvalue weighted by Crippen LogP contribution is -2.33. The van der Waals surface area contributed by atoms with E-state index in [2.05, 4.69) is 10.1 Å². The van der Waals surface area contributed by atoms with E-state index >= 15 is 0 Å². The molecule has 0 aliphatic carbocycles. The van der Waals surface area contributed by atoms with Gasteiger partial charge in [-0.05, 0) is 20.8 Å². The van der Waals surface area contributed by atoms with Crippen molar-refractivity contribution in [3.63, 3.8) is 0 Å². The van der Waals surface area contributed by atoms with Crippen molar-refractivity contribution < 1.29 is 9.59 Å². The zero-order valence-electron chi connectivity index (χ0n) is 13.4. The van der Waals surface area contributed by atoms with Gasteiger partial charge >= 0.3 is 0 Å². The van der Waals surface area contributed by atoms with Crippen molar-refractivity contribution in [1.29, 1.82) is 0 Å². The maximum absolute atomic E-state index is 12.3. The number of imidazole rings is 1. The molecule has 7 heteroatoms. The number of aromatic nitrogens is 4. The Bertz CT molecular complexity index is 672. The maximum Gasteiger partial charge on any atom is 0.244 e. The predicted molar refractivity (Wildman–Crippen MR) is 81.6 cm³/mol. The third-order valence-corrected chi connectivity index (χ3v) is 3.70. The molecule has 0 bridgehead atoms. The monoisotopic (exact) mass is 303 g/mol. The number of likely N-dealkylation sites (N-methyl/N-ethyl adjacent to an activating group) is 1. The first-order chi connectivity index (χ1) is 10.4. The molecule has 0 aliphatic heterocycles. The fourth-order valence-electron chi connectivity index (χ4n) is 2.42. The lowest BCUT2D eigenvalue weighted by molar-refractivity contribution is -0.130. The molecule has 0 aliphatic rings. The fraction of sp³-hybridized carbons (Fsp3) is 0.467. The van der Waals surface area contributed by atoms with Crippen molar-refractivity contribution in [3.05, 3.63) is 35.7 Å². The summed E-state index contributed by atoms with van der Waals surface area (Å²) in [6.45, 7) is 6.54. The van der Waals surface area contributed by atoms with Crippen molar-refractivity contribution in [2.75, 3.05) is 13.6 Å². The zero-order chi connectivity index (χ0) is 16.3. The zero-order valence-corrected chi connectivity index (χ0v) is 13.4. The highest BCUT2D eigenvalue weighted by molar-refractivity contribution is 5.96. The Morgan fingerprint density at radius 3 is 2.59 bits per heavy atom. The van der Waals surface area contributed by atoms with Gasteiger partial charge in [-0.1, -0.05) is 0 Å². The lowest BCUT2D eigenvalue weighted by Gasteiger charge is -2.17. The average molecular weight is 303 g/mol. The molecule has 2 rings (SSSR count). The molecule has 0 saturated heterocycles. The number of Topliss-reactive ketones (excluding diaryl/α,β-unsaturated/α-hetero) is 1. The Labute approximate surface area is 129 Å². The summed E-state index contributed by atoms with van der Waals surface area (Å²) in [6, 6.07) is 0. The van der Waals surface area contributed by atoms with Gasteiger partial charge in [0.15, 0.2) is 5.78 Å². The third kappa shape index (κ3) is 3.41. The quantitative estimate of drug-likeness (QED) is 0.748. The van der Waals surface area contributed by atoms with Crippen LogP contribution in [0.15, 0.2) is 18.7 Å². The largest absolute Gasteiger partial charge is 0.342 e. The number of carbonyl (C=O) groups is 2. The van der Waals surface area contributed by atoms with E-state index in [1.54, 1.807) is 36.1 Å². The summed E-state index contributed by atoms with van der Waals surface area (Å²) < 4.78 is 3.52. The van der Waals surface area contributed by atoms with Gasteiger partial charge in [-0.2, -0.15) is 5.10 Å². The minimum absolute atomic E-state index is 0.0258. The van der Waals surface area contributed by atoms with Crippen LogP contribution in [0.25, 0.3) is 0 Å². The number of hydrogen-bond donors (Lipinski definition) is 0. The van der Waals surface area contributed by atoms with Gasteiger partial charge in [0.2, 0.25) is 5.91 Å². The molecule has 0 unspecified atom stereocenters. The summed E-state index contributed by atoms with van der Waals surface area (Å²) in [6.07, 6.45) is 5.29. The van der Waals surface area contributed by atoms with Crippen molar-refractivity contribution in [3.8, 4) is 0 Å². The summed E-state index contributed by atoms with van der Waals surface area (Å²) >= 11 is 0. The van der Waals surface area contributed by atoms with Crippen LogP contribution < -0.4 is 0 Å². The van der Waals surface area contributed by atoms with E-state index in [9.17, 15) is 9.59 Å². The minimum atomic E-state index is -0.0409. The standard InChI is InChI=1S/C15H21N5O2/c1-11-15(13(3)21)12(2)20(17-11)9-14(22)18(4)7-8-19-6-5-16-10-19/h5-6,10H,7-9H2,1-4H3. The van der Waals surface area contributed by atoms with E-state index in [1.165, 1.54) is 6.92 Å². The number of ketones is 1. The predicted octanol–water partition coefficient (Wildman–Crippen LogP) is 1.06. The number of carbonyl (C=O) groups excluding carboxylic acids is 2. The molecule has 0 saturated carbocycles. The Morgan fingerprint density at radius 2 is 2.05 bits per heavy atom. The topological polar surface area (TPSA) is 73.0 Å². The van der Waals surface area contributed by atoms with Crippen molar-refractivity contribution >= 4 is 11.7 Å². The summed E-state index contributed by atoms with van der Waals surface area (Å²) in [7, 11) is 1.76. The number of hydrogen-bond acceptors (Lipinski definition) is 4. The molecule has 2 aromatic rings. The number of aryl methyl sites for hydroxylation is 1. The highest BCUT2D eigenvalue weighted by atomic mass is 16.2. The Hall–Kier alpha value is -2.44. The van der Waals surface area contributed by atoms with Crippen LogP contribution in [0, 0.1) is 13.8 Å². The maximum atomic E-state index is 12.3. The first kappa shape index (κ1) is 15.9. The lowest BCUT2D eigenvalue weighted by atomic mass is 10.1. The molecule has 2 aromatic heterocycles. The molecule has 118 valence electrons. The van der Waals surface area contributed by atoms with Gasteiger partial charge in [0, 0.05) is 38.2 Å².